The molecule has 1 aromatic heterocycles. The first kappa shape index (κ1) is 17.4. The Labute approximate surface area is 148 Å². The molecule has 1 atom stereocenters. The van der Waals surface area contributed by atoms with E-state index in [0.717, 1.165) is 19.0 Å². The molecule has 1 unspecified atom stereocenters. The lowest BCUT2D eigenvalue weighted by Gasteiger charge is -2.35. The van der Waals surface area contributed by atoms with Crippen LogP contribution in [0.4, 0.5) is 0 Å². The van der Waals surface area contributed by atoms with Crippen molar-refractivity contribution >= 4 is 5.96 Å². The fourth-order valence-electron chi connectivity index (χ4n) is 3.12. The number of ether oxygens (including phenoxy) is 1. The zero-order chi connectivity index (χ0) is 17.8. The number of benzene rings is 1. The summed E-state index contributed by atoms with van der Waals surface area (Å²) >= 11 is 0. The lowest BCUT2D eigenvalue weighted by atomic mass is 10.00. The van der Waals surface area contributed by atoms with Gasteiger partial charge in [-0.2, -0.15) is 4.98 Å². The van der Waals surface area contributed by atoms with Gasteiger partial charge in [-0.1, -0.05) is 28.9 Å². The van der Waals surface area contributed by atoms with E-state index in [9.17, 15) is 0 Å². The molecule has 1 aliphatic rings. The van der Waals surface area contributed by atoms with Gasteiger partial charge < -0.3 is 19.5 Å². The maximum absolute atomic E-state index is 6.01. The number of guanidine groups is 1. The third-order valence-electron chi connectivity index (χ3n) is 4.32. The van der Waals surface area contributed by atoms with Gasteiger partial charge in [0.2, 0.25) is 5.89 Å². The summed E-state index contributed by atoms with van der Waals surface area (Å²) in [7, 11) is 1.78. The number of hydrogen-bond donors (Lipinski definition) is 1. The second-order valence-electron chi connectivity index (χ2n) is 6.30. The van der Waals surface area contributed by atoms with E-state index in [1.165, 1.54) is 16.7 Å². The Morgan fingerprint density at radius 2 is 2.20 bits per heavy atom. The minimum atomic E-state index is 0.0403. The summed E-state index contributed by atoms with van der Waals surface area (Å²) in [4.78, 5) is 10.8. The number of nitrogens with zero attached hydrogens (tertiary/aromatic N) is 4. The van der Waals surface area contributed by atoms with Gasteiger partial charge in [0, 0.05) is 13.6 Å². The molecular weight excluding hydrogens is 318 g/mol. The summed E-state index contributed by atoms with van der Waals surface area (Å²) < 4.78 is 11.2. The van der Waals surface area contributed by atoms with E-state index in [-0.39, 0.29) is 6.10 Å². The van der Waals surface area contributed by atoms with Gasteiger partial charge in [0.25, 0.3) is 0 Å². The molecule has 2 heterocycles. The zero-order valence-corrected chi connectivity index (χ0v) is 15.2. The third-order valence-corrected chi connectivity index (χ3v) is 4.32. The largest absolute Gasteiger partial charge is 0.370 e. The summed E-state index contributed by atoms with van der Waals surface area (Å²) in [6, 6.07) is 6.49. The van der Waals surface area contributed by atoms with Gasteiger partial charge in [0.15, 0.2) is 11.8 Å². The van der Waals surface area contributed by atoms with Crippen molar-refractivity contribution in [1.82, 2.24) is 20.4 Å². The average molecular weight is 343 g/mol. The first-order valence-electron chi connectivity index (χ1n) is 8.50. The van der Waals surface area contributed by atoms with Gasteiger partial charge >= 0.3 is 0 Å². The monoisotopic (exact) mass is 343 g/mol. The molecule has 7 heteroatoms. The predicted octanol–water partition coefficient (Wildman–Crippen LogP) is 2.14. The second-order valence-corrected chi connectivity index (χ2v) is 6.30. The van der Waals surface area contributed by atoms with Crippen molar-refractivity contribution in [2.75, 3.05) is 26.7 Å². The molecule has 134 valence electrons. The van der Waals surface area contributed by atoms with Gasteiger partial charge in [-0.15, -0.1) is 0 Å². The number of nitrogens with one attached hydrogen (secondary N) is 1. The maximum atomic E-state index is 6.01. The molecule has 0 bridgehead atoms. The molecule has 1 fully saturated rings. The number of aliphatic imine (C=N–C) groups is 1. The summed E-state index contributed by atoms with van der Waals surface area (Å²) in [5, 5.41) is 7.09. The van der Waals surface area contributed by atoms with E-state index < -0.39 is 0 Å². The van der Waals surface area contributed by atoms with E-state index in [2.05, 4.69) is 57.4 Å². The van der Waals surface area contributed by atoms with Crippen LogP contribution >= 0.6 is 0 Å². The van der Waals surface area contributed by atoms with Crippen LogP contribution in [0.3, 0.4) is 0 Å². The molecule has 2 aromatic rings. The molecule has 3 rings (SSSR count). The highest BCUT2D eigenvalue weighted by molar-refractivity contribution is 5.79. The Morgan fingerprint density at radius 1 is 1.36 bits per heavy atom. The first-order valence-corrected chi connectivity index (χ1v) is 8.50. The van der Waals surface area contributed by atoms with Crippen LogP contribution in [0.2, 0.25) is 0 Å². The molecule has 0 radical (unpaired) electrons. The Kier molecular flexibility index (Phi) is 5.33. The van der Waals surface area contributed by atoms with Crippen LogP contribution in [-0.2, 0) is 11.3 Å². The molecule has 1 N–H and O–H groups in total. The fraction of sp³-hybridized carbons (Fsp3) is 0.500. The third kappa shape index (κ3) is 4.17. The summed E-state index contributed by atoms with van der Waals surface area (Å²) in [6.07, 6.45) is 0.0403. The van der Waals surface area contributed by atoms with Crippen molar-refractivity contribution in [2.24, 2.45) is 4.99 Å². The summed E-state index contributed by atoms with van der Waals surface area (Å²) in [5.41, 5.74) is 3.76. The van der Waals surface area contributed by atoms with Crippen molar-refractivity contribution in [3.05, 3.63) is 46.6 Å². The van der Waals surface area contributed by atoms with Crippen LogP contribution in [0.25, 0.3) is 0 Å². The molecule has 0 amide bonds. The predicted molar refractivity (Wildman–Crippen MR) is 95.4 cm³/mol. The van der Waals surface area contributed by atoms with Gasteiger partial charge in [-0.05, 0) is 31.9 Å². The molecule has 0 saturated carbocycles. The van der Waals surface area contributed by atoms with Crippen molar-refractivity contribution < 1.29 is 9.26 Å². The minimum absolute atomic E-state index is 0.0403. The zero-order valence-electron chi connectivity index (χ0n) is 15.2. The van der Waals surface area contributed by atoms with E-state index in [0.29, 0.717) is 24.9 Å². The minimum Gasteiger partial charge on any atom is -0.370 e. The van der Waals surface area contributed by atoms with Gasteiger partial charge in [-0.3, -0.25) is 4.99 Å². The van der Waals surface area contributed by atoms with Crippen LogP contribution in [0.5, 0.6) is 0 Å². The smallest absolute Gasteiger partial charge is 0.246 e. The van der Waals surface area contributed by atoms with Crippen LogP contribution in [0.1, 0.15) is 34.5 Å². The second kappa shape index (κ2) is 7.65. The molecule has 25 heavy (non-hydrogen) atoms. The van der Waals surface area contributed by atoms with E-state index in [1.54, 1.807) is 14.0 Å². The van der Waals surface area contributed by atoms with E-state index >= 15 is 0 Å². The Balaban J connectivity index is 1.66. The quantitative estimate of drug-likeness (QED) is 0.680. The number of aromatic nitrogens is 2. The lowest BCUT2D eigenvalue weighted by Crippen LogP contribution is -2.48. The van der Waals surface area contributed by atoms with Crippen LogP contribution in [-0.4, -0.2) is 47.7 Å². The normalized spacial score (nSPS) is 18.5. The Hall–Kier alpha value is -2.41. The van der Waals surface area contributed by atoms with Crippen molar-refractivity contribution in [2.45, 2.75) is 33.4 Å². The van der Waals surface area contributed by atoms with Crippen LogP contribution in [0, 0.1) is 20.8 Å². The average Bonchev–Trinajstić information content (AvgIpc) is 3.01. The highest BCUT2D eigenvalue weighted by Gasteiger charge is 2.25. The fourth-order valence-corrected chi connectivity index (χ4v) is 3.12. The SMILES string of the molecule is CN=C(NCc1nc(C)no1)N1CCOC(c2ccc(C)cc2C)C1. The molecular formula is C18H25N5O2. The van der Waals surface area contributed by atoms with Gasteiger partial charge in [0.1, 0.15) is 6.10 Å². The molecule has 1 aliphatic heterocycles. The Morgan fingerprint density at radius 3 is 2.88 bits per heavy atom. The van der Waals surface area contributed by atoms with E-state index in [1.807, 2.05) is 0 Å². The highest BCUT2D eigenvalue weighted by atomic mass is 16.5. The first-order chi connectivity index (χ1) is 12.1. The van der Waals surface area contributed by atoms with Crippen LogP contribution in [0.15, 0.2) is 27.7 Å². The number of aryl methyl sites for hydroxylation is 3. The van der Waals surface area contributed by atoms with Crippen LogP contribution < -0.4 is 5.32 Å². The number of rotatable bonds is 3. The molecule has 0 aliphatic carbocycles. The maximum Gasteiger partial charge on any atom is 0.246 e. The summed E-state index contributed by atoms with van der Waals surface area (Å²) in [6.45, 7) is 8.72. The Bertz CT molecular complexity index is 756. The molecule has 1 aromatic carbocycles. The summed E-state index contributed by atoms with van der Waals surface area (Å²) in [5.74, 6) is 2.00. The standard InChI is InChI=1S/C18H25N5O2/c1-12-5-6-15(13(2)9-12)16-11-23(7-8-24-16)18(19-4)20-10-17-21-14(3)22-25-17/h5-6,9,16H,7-8,10-11H2,1-4H3,(H,19,20). The molecule has 7 nitrogen and oxygen atoms in total. The highest BCUT2D eigenvalue weighted by Crippen LogP contribution is 2.25. The van der Waals surface area contributed by atoms with Crippen molar-refractivity contribution in [3.8, 4) is 0 Å². The van der Waals surface area contributed by atoms with Crippen molar-refractivity contribution in [3.63, 3.8) is 0 Å². The number of morpholine rings is 1. The molecule has 0 spiro atoms. The van der Waals surface area contributed by atoms with Gasteiger partial charge in [-0.25, -0.2) is 0 Å². The number of hydrogen-bond acceptors (Lipinski definition) is 5. The topological polar surface area (TPSA) is 75.8 Å². The lowest BCUT2D eigenvalue weighted by molar-refractivity contribution is -0.00838. The van der Waals surface area contributed by atoms with Crippen molar-refractivity contribution in [1.29, 1.82) is 0 Å². The van der Waals surface area contributed by atoms with E-state index in [4.69, 9.17) is 9.26 Å². The van der Waals surface area contributed by atoms with Gasteiger partial charge in [0.05, 0.1) is 19.7 Å². The molecule has 1 saturated heterocycles.